The van der Waals surface area contributed by atoms with Crippen LogP contribution in [0.1, 0.15) is 41.7 Å². The summed E-state index contributed by atoms with van der Waals surface area (Å²) < 4.78 is 5.04. The van der Waals surface area contributed by atoms with Gasteiger partial charge in [-0.25, -0.2) is 9.78 Å². The minimum atomic E-state index is -0.346. The van der Waals surface area contributed by atoms with Crippen LogP contribution in [0.4, 0.5) is 0 Å². The van der Waals surface area contributed by atoms with E-state index in [1.165, 1.54) is 11.3 Å². The standard InChI is InChI=1S/C17H18N2O2S2/c1-5-21-17(20)15-11(4)19-16(23-15)12-6-7-14(22-10(2)3)13(8-12)9-18/h6-8,10H,5H2,1-4H3. The maximum Gasteiger partial charge on any atom is 0.350 e. The fraction of sp³-hybridized carbons (Fsp3) is 0.353. The van der Waals surface area contributed by atoms with Crippen LogP contribution < -0.4 is 0 Å². The molecule has 0 unspecified atom stereocenters. The predicted molar refractivity (Wildman–Crippen MR) is 94.0 cm³/mol. The lowest BCUT2D eigenvalue weighted by atomic mass is 10.1. The average molecular weight is 346 g/mol. The monoisotopic (exact) mass is 346 g/mol. The highest BCUT2D eigenvalue weighted by molar-refractivity contribution is 8.00. The van der Waals surface area contributed by atoms with E-state index in [0.29, 0.717) is 28.0 Å². The van der Waals surface area contributed by atoms with E-state index in [1.54, 1.807) is 25.6 Å². The lowest BCUT2D eigenvalue weighted by Gasteiger charge is -2.07. The number of rotatable bonds is 5. The van der Waals surface area contributed by atoms with Crippen LogP contribution in [0.25, 0.3) is 10.6 Å². The molecule has 0 aliphatic carbocycles. The number of hydrogen-bond donors (Lipinski definition) is 0. The Bertz CT molecular complexity index is 760. The fourth-order valence-corrected chi connectivity index (χ4v) is 3.86. The molecule has 0 amide bonds. The Kier molecular flexibility index (Phi) is 5.80. The van der Waals surface area contributed by atoms with Crippen molar-refractivity contribution in [3.05, 3.63) is 34.3 Å². The second kappa shape index (κ2) is 7.62. The summed E-state index contributed by atoms with van der Waals surface area (Å²) in [6.45, 7) is 8.09. The second-order valence-electron chi connectivity index (χ2n) is 5.14. The van der Waals surface area contributed by atoms with Crippen LogP contribution in [0.3, 0.4) is 0 Å². The first-order chi connectivity index (χ1) is 11.0. The fourth-order valence-electron chi connectivity index (χ4n) is 2.01. The molecule has 1 heterocycles. The molecule has 0 radical (unpaired) electrons. The van der Waals surface area contributed by atoms with Gasteiger partial charge in [0.05, 0.1) is 17.9 Å². The summed E-state index contributed by atoms with van der Waals surface area (Å²) in [5.41, 5.74) is 2.13. The molecule has 23 heavy (non-hydrogen) atoms. The van der Waals surface area contributed by atoms with Gasteiger partial charge in [-0.05, 0) is 26.0 Å². The number of hydrogen-bond acceptors (Lipinski definition) is 6. The van der Waals surface area contributed by atoms with Crippen LogP contribution >= 0.6 is 23.1 Å². The van der Waals surface area contributed by atoms with Crippen LogP contribution in [-0.2, 0) is 4.74 Å². The molecular formula is C17H18N2O2S2. The molecule has 0 atom stereocenters. The average Bonchev–Trinajstić information content (AvgIpc) is 2.89. The van der Waals surface area contributed by atoms with Crippen LogP contribution in [0, 0.1) is 18.3 Å². The molecule has 0 aliphatic heterocycles. The smallest absolute Gasteiger partial charge is 0.350 e. The quantitative estimate of drug-likeness (QED) is 0.581. The van der Waals surface area contributed by atoms with E-state index in [2.05, 4.69) is 24.9 Å². The molecule has 1 aromatic carbocycles. The molecule has 0 saturated carbocycles. The lowest BCUT2D eigenvalue weighted by molar-refractivity contribution is 0.0531. The molecule has 1 aromatic heterocycles. The molecule has 2 rings (SSSR count). The number of thioether (sulfide) groups is 1. The van der Waals surface area contributed by atoms with Gasteiger partial charge in [0.25, 0.3) is 0 Å². The van der Waals surface area contributed by atoms with E-state index >= 15 is 0 Å². The molecule has 0 bridgehead atoms. The van der Waals surface area contributed by atoms with E-state index in [4.69, 9.17) is 4.74 Å². The summed E-state index contributed by atoms with van der Waals surface area (Å²) in [6.07, 6.45) is 0. The van der Waals surface area contributed by atoms with Gasteiger partial charge in [-0.1, -0.05) is 19.9 Å². The molecule has 0 spiro atoms. The van der Waals surface area contributed by atoms with Crippen molar-refractivity contribution in [2.24, 2.45) is 0 Å². The predicted octanol–water partition coefficient (Wildman–Crippen LogP) is 4.67. The van der Waals surface area contributed by atoms with Gasteiger partial charge in [-0.3, -0.25) is 0 Å². The minimum absolute atomic E-state index is 0.339. The first-order valence-corrected chi connectivity index (χ1v) is 9.01. The topological polar surface area (TPSA) is 63.0 Å². The van der Waals surface area contributed by atoms with Crippen molar-refractivity contribution < 1.29 is 9.53 Å². The Morgan fingerprint density at radius 3 is 2.83 bits per heavy atom. The van der Waals surface area contributed by atoms with Gasteiger partial charge in [0.2, 0.25) is 0 Å². The summed E-state index contributed by atoms with van der Waals surface area (Å²) in [7, 11) is 0. The van der Waals surface area contributed by atoms with E-state index in [1.807, 2.05) is 18.2 Å². The lowest BCUT2D eigenvalue weighted by Crippen LogP contribution is -2.03. The number of aryl methyl sites for hydroxylation is 1. The maximum absolute atomic E-state index is 11.9. The molecular weight excluding hydrogens is 328 g/mol. The summed E-state index contributed by atoms with van der Waals surface area (Å²) in [5.74, 6) is -0.346. The van der Waals surface area contributed by atoms with Crippen LogP contribution in [-0.4, -0.2) is 22.8 Å². The molecule has 0 N–H and O–H groups in total. The van der Waals surface area contributed by atoms with E-state index in [0.717, 1.165) is 15.5 Å². The number of aromatic nitrogens is 1. The van der Waals surface area contributed by atoms with E-state index < -0.39 is 0 Å². The van der Waals surface area contributed by atoms with Crippen molar-refractivity contribution in [1.29, 1.82) is 5.26 Å². The number of ether oxygens (including phenoxy) is 1. The molecule has 0 aliphatic rings. The van der Waals surface area contributed by atoms with Crippen molar-refractivity contribution in [1.82, 2.24) is 4.98 Å². The summed E-state index contributed by atoms with van der Waals surface area (Å²) >= 11 is 2.96. The van der Waals surface area contributed by atoms with Gasteiger partial charge >= 0.3 is 5.97 Å². The van der Waals surface area contributed by atoms with Crippen molar-refractivity contribution in [3.8, 4) is 16.6 Å². The zero-order chi connectivity index (χ0) is 17.0. The van der Waals surface area contributed by atoms with E-state index in [-0.39, 0.29) is 5.97 Å². The number of carbonyl (C=O) groups is 1. The van der Waals surface area contributed by atoms with Crippen molar-refractivity contribution in [3.63, 3.8) is 0 Å². The van der Waals surface area contributed by atoms with Gasteiger partial charge in [-0.15, -0.1) is 23.1 Å². The first-order valence-electron chi connectivity index (χ1n) is 7.32. The normalized spacial score (nSPS) is 10.6. The largest absolute Gasteiger partial charge is 0.462 e. The Morgan fingerprint density at radius 2 is 2.22 bits per heavy atom. The van der Waals surface area contributed by atoms with Crippen molar-refractivity contribution in [2.45, 2.75) is 37.8 Å². The molecule has 4 nitrogen and oxygen atoms in total. The van der Waals surface area contributed by atoms with Gasteiger partial charge in [-0.2, -0.15) is 5.26 Å². The summed E-state index contributed by atoms with van der Waals surface area (Å²) in [4.78, 5) is 17.8. The number of thiazole rings is 1. The Morgan fingerprint density at radius 1 is 1.48 bits per heavy atom. The molecule has 2 aromatic rings. The van der Waals surface area contributed by atoms with Gasteiger partial charge in [0.1, 0.15) is 16.0 Å². The number of nitrogens with zero attached hydrogens (tertiary/aromatic N) is 2. The Balaban J connectivity index is 2.38. The molecule has 6 heteroatoms. The van der Waals surface area contributed by atoms with Crippen LogP contribution in [0.5, 0.6) is 0 Å². The van der Waals surface area contributed by atoms with Crippen molar-refractivity contribution in [2.75, 3.05) is 6.61 Å². The third-order valence-corrected chi connectivity index (χ3v) is 5.23. The van der Waals surface area contributed by atoms with Gasteiger partial charge in [0.15, 0.2) is 0 Å². The highest BCUT2D eigenvalue weighted by atomic mass is 32.2. The second-order valence-corrected chi connectivity index (χ2v) is 7.76. The van der Waals surface area contributed by atoms with E-state index in [9.17, 15) is 10.1 Å². The summed E-state index contributed by atoms with van der Waals surface area (Å²) in [6, 6.07) is 7.96. The zero-order valence-corrected chi connectivity index (χ0v) is 15.2. The molecule has 0 fully saturated rings. The van der Waals surface area contributed by atoms with Gasteiger partial charge < -0.3 is 4.74 Å². The Labute approximate surface area is 144 Å². The first kappa shape index (κ1) is 17.5. The minimum Gasteiger partial charge on any atom is -0.462 e. The third-order valence-electron chi connectivity index (χ3n) is 2.97. The highest BCUT2D eigenvalue weighted by Gasteiger charge is 2.18. The number of esters is 1. The summed E-state index contributed by atoms with van der Waals surface area (Å²) in [5, 5.41) is 10.5. The van der Waals surface area contributed by atoms with Gasteiger partial charge in [0, 0.05) is 15.7 Å². The maximum atomic E-state index is 11.9. The molecule has 0 saturated heterocycles. The Hall–Kier alpha value is -1.84. The zero-order valence-electron chi connectivity index (χ0n) is 13.5. The third kappa shape index (κ3) is 4.12. The van der Waals surface area contributed by atoms with Crippen LogP contribution in [0.15, 0.2) is 23.1 Å². The SMILES string of the molecule is CCOC(=O)c1sc(-c2ccc(SC(C)C)c(C#N)c2)nc1C. The highest BCUT2D eigenvalue weighted by Crippen LogP contribution is 2.33. The molecule has 120 valence electrons. The van der Waals surface area contributed by atoms with Crippen molar-refractivity contribution >= 4 is 29.1 Å². The number of carbonyl (C=O) groups excluding carboxylic acids is 1. The van der Waals surface area contributed by atoms with Crippen LogP contribution in [0.2, 0.25) is 0 Å². The number of benzene rings is 1. The number of nitriles is 1.